The Kier molecular flexibility index (Phi) is 2.42. The maximum absolute atomic E-state index is 5.67. The van der Waals surface area contributed by atoms with E-state index in [1.807, 2.05) is 0 Å². The van der Waals surface area contributed by atoms with E-state index in [9.17, 15) is 0 Å². The zero-order valence-electron chi connectivity index (χ0n) is 10.1. The van der Waals surface area contributed by atoms with Crippen LogP contribution in [0.4, 0.5) is 0 Å². The molecule has 82 valence electrons. The van der Waals surface area contributed by atoms with Crippen LogP contribution in [0.1, 0.15) is 47.0 Å². The summed E-state index contributed by atoms with van der Waals surface area (Å²) in [4.78, 5) is 0. The number of rotatable bonds is 3. The summed E-state index contributed by atoms with van der Waals surface area (Å²) in [5.41, 5.74) is 1.10. The third kappa shape index (κ3) is 1.32. The number of ether oxygens (including phenoxy) is 1. The molecule has 0 aliphatic heterocycles. The molecule has 0 N–H and O–H groups in total. The second-order valence-corrected chi connectivity index (χ2v) is 6.13. The lowest BCUT2D eigenvalue weighted by molar-refractivity contribution is -0.00819. The quantitative estimate of drug-likeness (QED) is 0.671. The molecule has 2 aliphatic carbocycles. The number of hydrogen-bond donors (Lipinski definition) is 0. The summed E-state index contributed by atoms with van der Waals surface area (Å²) in [5.74, 6) is 1.74. The summed E-state index contributed by atoms with van der Waals surface area (Å²) < 4.78 is 5.67. The van der Waals surface area contributed by atoms with E-state index in [2.05, 4.69) is 27.7 Å². The molecule has 2 bridgehead atoms. The molecule has 3 atom stereocenters. The molecule has 0 aromatic carbocycles. The van der Waals surface area contributed by atoms with Crippen LogP contribution in [0.5, 0.6) is 0 Å². The Hall–Kier alpha value is -0.0400. The van der Waals surface area contributed by atoms with Crippen molar-refractivity contribution in [2.45, 2.75) is 47.0 Å². The van der Waals surface area contributed by atoms with Crippen molar-refractivity contribution in [3.8, 4) is 0 Å². The van der Waals surface area contributed by atoms with Gasteiger partial charge in [0.05, 0.1) is 6.61 Å². The maximum atomic E-state index is 5.67. The van der Waals surface area contributed by atoms with Gasteiger partial charge in [-0.2, -0.15) is 0 Å². The van der Waals surface area contributed by atoms with Crippen molar-refractivity contribution in [2.75, 3.05) is 13.2 Å². The van der Waals surface area contributed by atoms with Crippen molar-refractivity contribution in [1.82, 2.24) is 0 Å². The zero-order chi connectivity index (χ0) is 10.4. The van der Waals surface area contributed by atoms with Crippen molar-refractivity contribution in [2.24, 2.45) is 22.7 Å². The number of hydrogen-bond acceptors (Lipinski definition) is 1. The highest BCUT2D eigenvalue weighted by atomic mass is 16.5. The number of fused-ring (bicyclic) bond motifs is 2. The Morgan fingerprint density at radius 2 is 2.00 bits per heavy atom. The highest BCUT2D eigenvalue weighted by molar-refractivity contribution is 5.07. The normalized spacial score (nSPS) is 44.6. The van der Waals surface area contributed by atoms with Crippen LogP contribution in [-0.4, -0.2) is 13.2 Å². The molecule has 2 rings (SSSR count). The van der Waals surface area contributed by atoms with Crippen LogP contribution in [0.25, 0.3) is 0 Å². The van der Waals surface area contributed by atoms with Gasteiger partial charge in [-0.15, -0.1) is 0 Å². The van der Waals surface area contributed by atoms with Crippen LogP contribution >= 0.6 is 0 Å². The molecule has 2 aliphatic rings. The van der Waals surface area contributed by atoms with E-state index in [1.165, 1.54) is 19.3 Å². The molecule has 0 saturated heterocycles. The molecular formula is C13H24O. The summed E-state index contributed by atoms with van der Waals surface area (Å²) in [5, 5.41) is 0. The third-order valence-electron chi connectivity index (χ3n) is 5.06. The minimum atomic E-state index is 0.516. The smallest absolute Gasteiger partial charge is 0.0504 e. The van der Waals surface area contributed by atoms with Crippen LogP contribution in [0.15, 0.2) is 0 Å². The zero-order valence-corrected chi connectivity index (χ0v) is 10.1. The molecule has 0 radical (unpaired) electrons. The molecule has 0 heterocycles. The maximum Gasteiger partial charge on any atom is 0.0504 e. The van der Waals surface area contributed by atoms with Crippen LogP contribution in [-0.2, 0) is 4.74 Å². The van der Waals surface area contributed by atoms with Gasteiger partial charge in [-0.05, 0) is 48.9 Å². The molecule has 1 heteroatoms. The molecular weight excluding hydrogens is 172 g/mol. The van der Waals surface area contributed by atoms with Crippen molar-refractivity contribution in [3.63, 3.8) is 0 Å². The molecule has 0 aromatic heterocycles. The van der Waals surface area contributed by atoms with Crippen molar-refractivity contribution in [1.29, 1.82) is 0 Å². The lowest BCUT2D eigenvalue weighted by Gasteiger charge is -2.42. The molecule has 1 nitrogen and oxygen atoms in total. The Bertz CT molecular complexity index is 217. The Morgan fingerprint density at radius 3 is 2.50 bits per heavy atom. The first-order valence-electron chi connectivity index (χ1n) is 6.08. The first kappa shape index (κ1) is 10.5. The molecule has 2 fully saturated rings. The fraction of sp³-hybridized carbons (Fsp3) is 1.00. The summed E-state index contributed by atoms with van der Waals surface area (Å²) in [6.45, 7) is 11.3. The van der Waals surface area contributed by atoms with Gasteiger partial charge in [0, 0.05) is 6.61 Å². The van der Waals surface area contributed by atoms with E-state index in [4.69, 9.17) is 4.74 Å². The predicted molar refractivity (Wildman–Crippen MR) is 59.2 cm³/mol. The SMILES string of the molecule is CCOCC1C2(C)CCC(C2)C1(C)C. The largest absolute Gasteiger partial charge is 0.381 e. The molecule has 2 saturated carbocycles. The van der Waals surface area contributed by atoms with Gasteiger partial charge in [0.2, 0.25) is 0 Å². The van der Waals surface area contributed by atoms with E-state index >= 15 is 0 Å². The second-order valence-electron chi connectivity index (χ2n) is 6.13. The van der Waals surface area contributed by atoms with Gasteiger partial charge in [-0.1, -0.05) is 20.8 Å². The molecule has 0 aromatic rings. The highest BCUT2D eigenvalue weighted by Crippen LogP contribution is 2.65. The topological polar surface area (TPSA) is 9.23 Å². The van der Waals surface area contributed by atoms with E-state index in [0.717, 1.165) is 25.0 Å². The van der Waals surface area contributed by atoms with Crippen LogP contribution in [0.2, 0.25) is 0 Å². The average molecular weight is 196 g/mol. The van der Waals surface area contributed by atoms with Crippen molar-refractivity contribution >= 4 is 0 Å². The summed E-state index contributed by atoms with van der Waals surface area (Å²) in [6.07, 6.45) is 4.32. The minimum absolute atomic E-state index is 0.516. The van der Waals surface area contributed by atoms with Crippen molar-refractivity contribution < 1.29 is 4.74 Å². The third-order valence-corrected chi connectivity index (χ3v) is 5.06. The van der Waals surface area contributed by atoms with Gasteiger partial charge in [0.25, 0.3) is 0 Å². The van der Waals surface area contributed by atoms with E-state index in [0.29, 0.717) is 10.8 Å². The van der Waals surface area contributed by atoms with Gasteiger partial charge in [-0.25, -0.2) is 0 Å². The van der Waals surface area contributed by atoms with Gasteiger partial charge in [-0.3, -0.25) is 0 Å². The van der Waals surface area contributed by atoms with E-state index < -0.39 is 0 Å². The standard InChI is InChI=1S/C13H24O/c1-5-14-9-11-12(2,3)10-6-7-13(11,4)8-10/h10-11H,5-9H2,1-4H3. The Labute approximate surface area is 88.2 Å². The van der Waals surface area contributed by atoms with E-state index in [1.54, 1.807) is 0 Å². The highest BCUT2D eigenvalue weighted by Gasteiger charge is 2.58. The van der Waals surface area contributed by atoms with Gasteiger partial charge in [0.15, 0.2) is 0 Å². The van der Waals surface area contributed by atoms with E-state index in [-0.39, 0.29) is 0 Å². The fourth-order valence-electron chi connectivity index (χ4n) is 4.06. The lowest BCUT2D eigenvalue weighted by atomic mass is 9.64. The molecule has 0 spiro atoms. The fourth-order valence-corrected chi connectivity index (χ4v) is 4.06. The van der Waals surface area contributed by atoms with Gasteiger partial charge < -0.3 is 4.74 Å². The van der Waals surface area contributed by atoms with Crippen LogP contribution in [0, 0.1) is 22.7 Å². The van der Waals surface area contributed by atoms with Crippen LogP contribution < -0.4 is 0 Å². The monoisotopic (exact) mass is 196 g/mol. The van der Waals surface area contributed by atoms with Gasteiger partial charge >= 0.3 is 0 Å². The molecule has 3 unspecified atom stereocenters. The summed E-state index contributed by atoms with van der Waals surface area (Å²) in [6, 6.07) is 0. The minimum Gasteiger partial charge on any atom is -0.381 e. The first-order chi connectivity index (χ1) is 6.50. The molecule has 0 amide bonds. The summed E-state index contributed by atoms with van der Waals surface area (Å²) in [7, 11) is 0. The van der Waals surface area contributed by atoms with Crippen molar-refractivity contribution in [3.05, 3.63) is 0 Å². The summed E-state index contributed by atoms with van der Waals surface area (Å²) >= 11 is 0. The lowest BCUT2D eigenvalue weighted by Crippen LogP contribution is -2.38. The first-order valence-corrected chi connectivity index (χ1v) is 6.08. The molecule has 14 heavy (non-hydrogen) atoms. The van der Waals surface area contributed by atoms with Crippen LogP contribution in [0.3, 0.4) is 0 Å². The Morgan fingerprint density at radius 1 is 1.29 bits per heavy atom. The predicted octanol–water partition coefficient (Wildman–Crippen LogP) is 3.49. The second kappa shape index (κ2) is 3.23. The Balaban J connectivity index is 2.13. The average Bonchev–Trinajstić information content (AvgIpc) is 2.55. The van der Waals surface area contributed by atoms with Gasteiger partial charge in [0.1, 0.15) is 0 Å².